The second-order valence-corrected chi connectivity index (χ2v) is 6.96. The van der Waals surface area contributed by atoms with Gasteiger partial charge in [-0.1, -0.05) is 12.1 Å². The molecule has 0 saturated heterocycles. The van der Waals surface area contributed by atoms with Crippen molar-refractivity contribution < 1.29 is 9.50 Å². The first-order chi connectivity index (χ1) is 15.6. The maximum absolute atomic E-state index is 13.4. The van der Waals surface area contributed by atoms with Crippen LogP contribution in [0.1, 0.15) is 18.1 Å². The lowest BCUT2D eigenvalue weighted by molar-refractivity contribution is 0.283. The van der Waals surface area contributed by atoms with Gasteiger partial charge in [-0.15, -0.1) is 0 Å². The van der Waals surface area contributed by atoms with Crippen LogP contribution in [0.2, 0.25) is 0 Å². The number of hydrogen-bond donors (Lipinski definition) is 2. The summed E-state index contributed by atoms with van der Waals surface area (Å²) in [6.07, 6.45) is 5.03. The van der Waals surface area contributed by atoms with Gasteiger partial charge in [-0.25, -0.2) is 13.9 Å². The molecule has 0 aliphatic rings. The molecule has 8 nitrogen and oxygen atoms in total. The number of aromatic nitrogens is 5. The molecule has 2 aromatic carbocycles. The largest absolute Gasteiger partial charge is 0.392 e. The number of aliphatic hydroxyl groups is 1. The van der Waals surface area contributed by atoms with Crippen LogP contribution in [0.25, 0.3) is 16.4 Å². The van der Waals surface area contributed by atoms with Crippen LogP contribution >= 0.6 is 0 Å². The number of aliphatic hydroxyl groups excluding tert-OH is 1. The summed E-state index contributed by atoms with van der Waals surface area (Å²) in [5.41, 5.74) is 4.12. The molecule has 0 unspecified atom stereocenters. The lowest BCUT2D eigenvalue weighted by atomic mass is 10.2. The Morgan fingerprint density at radius 2 is 2.00 bits per heavy atom. The monoisotopic (exact) mass is 429 g/mol. The van der Waals surface area contributed by atoms with E-state index in [1.807, 2.05) is 35.0 Å². The van der Waals surface area contributed by atoms with Crippen molar-refractivity contribution in [3.8, 4) is 6.07 Å². The Morgan fingerprint density at radius 1 is 1.16 bits per heavy atom. The fourth-order valence-electron chi connectivity index (χ4n) is 3.47. The first-order valence-electron chi connectivity index (χ1n) is 9.83. The third-order valence-electron chi connectivity index (χ3n) is 4.83. The molecule has 32 heavy (non-hydrogen) atoms. The molecule has 0 fully saturated rings. The Balaban J connectivity index is 0.000000775. The highest BCUT2D eigenvalue weighted by molar-refractivity contribution is 5.85. The average Bonchev–Trinajstić information content (AvgIpc) is 3.39. The van der Waals surface area contributed by atoms with Gasteiger partial charge in [0.15, 0.2) is 5.82 Å². The van der Waals surface area contributed by atoms with Crippen molar-refractivity contribution in [1.82, 2.24) is 24.4 Å². The van der Waals surface area contributed by atoms with E-state index >= 15 is 0 Å². The Morgan fingerprint density at radius 3 is 2.78 bits per heavy atom. The molecule has 0 saturated carbocycles. The molecule has 0 spiro atoms. The number of nitrogens with zero attached hydrogens (tertiary/aromatic N) is 6. The van der Waals surface area contributed by atoms with Crippen molar-refractivity contribution in [2.45, 2.75) is 20.1 Å². The zero-order chi connectivity index (χ0) is 22.5. The average molecular weight is 429 g/mol. The van der Waals surface area contributed by atoms with Gasteiger partial charge in [0.05, 0.1) is 30.9 Å². The Bertz CT molecular complexity index is 1420. The minimum Gasteiger partial charge on any atom is -0.392 e. The van der Waals surface area contributed by atoms with Gasteiger partial charge in [-0.3, -0.25) is 4.68 Å². The standard InChI is InChI=1S/C21H17FN6O.C2H3N/c22-17-3-1-2-14(8-17)11-28-19-5-4-18(9-16(19)10-24-28)26-21-20-15(12-29)6-7-27(20)25-13-23-21;1-2-3/h1-10,13,29H,11-12H2,(H,23,25,26);1H3. The predicted molar refractivity (Wildman–Crippen MR) is 119 cm³/mol. The fourth-order valence-corrected chi connectivity index (χ4v) is 3.47. The molecule has 5 aromatic rings. The van der Waals surface area contributed by atoms with E-state index < -0.39 is 0 Å². The van der Waals surface area contributed by atoms with Crippen LogP contribution in [0.4, 0.5) is 15.9 Å². The van der Waals surface area contributed by atoms with Gasteiger partial charge in [0.1, 0.15) is 17.7 Å². The molecule has 3 heterocycles. The maximum Gasteiger partial charge on any atom is 0.158 e. The smallest absolute Gasteiger partial charge is 0.158 e. The summed E-state index contributed by atoms with van der Waals surface area (Å²) in [4.78, 5) is 4.32. The summed E-state index contributed by atoms with van der Waals surface area (Å²) in [6, 6.07) is 16.0. The number of nitrogens with one attached hydrogen (secondary N) is 1. The molecule has 0 atom stereocenters. The van der Waals surface area contributed by atoms with Crippen molar-refractivity contribution in [3.63, 3.8) is 0 Å². The van der Waals surface area contributed by atoms with Gasteiger partial charge in [-0.2, -0.15) is 15.5 Å². The summed E-state index contributed by atoms with van der Waals surface area (Å²) < 4.78 is 17.0. The number of anilines is 2. The summed E-state index contributed by atoms with van der Waals surface area (Å²) in [6.45, 7) is 1.83. The normalized spacial score (nSPS) is 10.6. The van der Waals surface area contributed by atoms with E-state index in [0.29, 0.717) is 12.4 Å². The van der Waals surface area contributed by atoms with E-state index in [1.54, 1.807) is 29.0 Å². The lowest BCUT2D eigenvalue weighted by Crippen LogP contribution is -2.02. The van der Waals surface area contributed by atoms with Gasteiger partial charge in [0.25, 0.3) is 0 Å². The van der Waals surface area contributed by atoms with Crippen LogP contribution in [0.15, 0.2) is 67.3 Å². The number of hydrogen-bond acceptors (Lipinski definition) is 6. The van der Waals surface area contributed by atoms with Gasteiger partial charge in [0, 0.05) is 29.8 Å². The Hall–Kier alpha value is -4.29. The van der Waals surface area contributed by atoms with Gasteiger partial charge < -0.3 is 10.4 Å². The van der Waals surface area contributed by atoms with E-state index in [-0.39, 0.29) is 12.4 Å². The van der Waals surface area contributed by atoms with Crippen LogP contribution in [0, 0.1) is 17.1 Å². The first kappa shape index (κ1) is 21.0. The highest BCUT2D eigenvalue weighted by atomic mass is 19.1. The molecule has 0 aliphatic heterocycles. The summed E-state index contributed by atoms with van der Waals surface area (Å²) in [5.74, 6) is 0.356. The molecule has 0 amide bonds. The van der Waals surface area contributed by atoms with E-state index in [1.165, 1.54) is 25.4 Å². The molecule has 5 rings (SSSR count). The molecule has 160 valence electrons. The minimum atomic E-state index is -0.255. The first-order valence-corrected chi connectivity index (χ1v) is 9.83. The quantitative estimate of drug-likeness (QED) is 0.437. The van der Waals surface area contributed by atoms with Crippen LogP contribution < -0.4 is 5.32 Å². The van der Waals surface area contributed by atoms with Crippen LogP contribution in [0.3, 0.4) is 0 Å². The highest BCUT2D eigenvalue weighted by Gasteiger charge is 2.11. The van der Waals surface area contributed by atoms with Crippen molar-refractivity contribution in [2.24, 2.45) is 0 Å². The van der Waals surface area contributed by atoms with Crippen molar-refractivity contribution >= 4 is 27.9 Å². The fraction of sp³-hybridized carbons (Fsp3) is 0.130. The third kappa shape index (κ3) is 4.26. The number of nitriles is 1. The van der Waals surface area contributed by atoms with Crippen molar-refractivity contribution in [1.29, 1.82) is 5.26 Å². The Labute approximate surface area is 183 Å². The van der Waals surface area contributed by atoms with E-state index in [0.717, 1.165) is 33.2 Å². The molecule has 2 N–H and O–H groups in total. The topological polar surface area (TPSA) is 104 Å². The molecule has 9 heteroatoms. The molecular weight excluding hydrogens is 409 g/mol. The van der Waals surface area contributed by atoms with Crippen LogP contribution in [-0.2, 0) is 13.2 Å². The zero-order valence-electron chi connectivity index (χ0n) is 17.3. The van der Waals surface area contributed by atoms with Crippen LogP contribution in [-0.4, -0.2) is 29.5 Å². The SMILES string of the molecule is CC#N.OCc1ccn2ncnc(Nc3ccc4c(cnn4Cc4cccc(F)c4)c3)c12. The molecule has 3 aromatic heterocycles. The van der Waals surface area contributed by atoms with Gasteiger partial charge >= 0.3 is 0 Å². The van der Waals surface area contributed by atoms with Gasteiger partial charge in [0.2, 0.25) is 0 Å². The third-order valence-corrected chi connectivity index (χ3v) is 4.83. The van der Waals surface area contributed by atoms with Crippen LogP contribution in [0.5, 0.6) is 0 Å². The second-order valence-electron chi connectivity index (χ2n) is 6.96. The Kier molecular flexibility index (Phi) is 6.05. The van der Waals surface area contributed by atoms with Crippen molar-refractivity contribution in [2.75, 3.05) is 5.32 Å². The molecule has 0 aliphatic carbocycles. The summed E-state index contributed by atoms with van der Waals surface area (Å²) in [7, 11) is 0. The second kappa shape index (κ2) is 9.24. The number of halogens is 1. The number of rotatable bonds is 5. The molecular formula is C23H20FN7O. The summed E-state index contributed by atoms with van der Waals surface area (Å²) >= 11 is 0. The predicted octanol–water partition coefficient (Wildman–Crippen LogP) is 4.03. The van der Waals surface area contributed by atoms with E-state index in [9.17, 15) is 9.50 Å². The summed E-state index contributed by atoms with van der Waals surface area (Å²) in [5, 5.41) is 29.7. The number of fused-ring (bicyclic) bond motifs is 2. The minimum absolute atomic E-state index is 0.0928. The lowest BCUT2D eigenvalue weighted by Gasteiger charge is -2.09. The van der Waals surface area contributed by atoms with E-state index in [2.05, 4.69) is 20.5 Å². The maximum atomic E-state index is 13.4. The van der Waals surface area contributed by atoms with Gasteiger partial charge in [-0.05, 0) is 42.0 Å². The highest BCUT2D eigenvalue weighted by Crippen LogP contribution is 2.26. The molecule has 0 bridgehead atoms. The zero-order valence-corrected chi connectivity index (χ0v) is 17.3. The number of benzene rings is 2. The van der Waals surface area contributed by atoms with Crippen molar-refractivity contribution in [3.05, 3.63) is 84.2 Å². The molecule has 0 radical (unpaired) electrons. The van der Waals surface area contributed by atoms with E-state index in [4.69, 9.17) is 5.26 Å².